The smallest absolute Gasteiger partial charge is 0.399 e. The molecule has 1 aliphatic heterocycles. The number of benzene rings is 1. The molecule has 0 bridgehead atoms. The third-order valence-corrected chi connectivity index (χ3v) is 4.75. The van der Waals surface area contributed by atoms with Crippen molar-refractivity contribution in [1.29, 1.82) is 0 Å². The number of nitrogens with one attached hydrogen (secondary N) is 1. The molecule has 24 heavy (non-hydrogen) atoms. The molecule has 0 saturated carbocycles. The summed E-state index contributed by atoms with van der Waals surface area (Å²) < 4.78 is 82.9. The molecule has 1 aromatic carbocycles. The first-order valence-electron chi connectivity index (χ1n) is 6.47. The Morgan fingerprint density at radius 2 is 1.75 bits per heavy atom. The maximum absolute atomic E-state index is 13.6. The van der Waals surface area contributed by atoms with E-state index < -0.39 is 29.3 Å². The quantitative estimate of drug-likeness (QED) is 0.499. The molecule has 2 aromatic rings. The van der Waals surface area contributed by atoms with Crippen molar-refractivity contribution in [2.75, 3.05) is 11.1 Å². The first-order chi connectivity index (χ1) is 10.9. The molecule has 0 spiro atoms. The van der Waals surface area contributed by atoms with E-state index in [9.17, 15) is 26.3 Å². The Labute approximate surface area is 139 Å². The van der Waals surface area contributed by atoms with Crippen LogP contribution in [0.15, 0.2) is 22.7 Å². The Morgan fingerprint density at radius 1 is 1.17 bits per heavy atom. The molecule has 1 aromatic heterocycles. The number of alkyl halides is 6. The van der Waals surface area contributed by atoms with Crippen molar-refractivity contribution < 1.29 is 26.3 Å². The number of aryl methyl sites for hydroxylation is 1. The van der Waals surface area contributed by atoms with E-state index in [0.717, 1.165) is 16.8 Å². The van der Waals surface area contributed by atoms with Gasteiger partial charge in [0.05, 0.1) is 15.9 Å². The first kappa shape index (κ1) is 16.9. The Balaban J connectivity index is 2.46. The number of halogens is 7. The molecule has 0 unspecified atom stereocenters. The highest BCUT2D eigenvalue weighted by Gasteiger charge is 2.74. The molecule has 0 fully saturated rings. The highest BCUT2D eigenvalue weighted by atomic mass is 79.9. The monoisotopic (exact) mass is 414 g/mol. The van der Waals surface area contributed by atoms with Gasteiger partial charge in [-0.05, 0) is 35.0 Å². The molecule has 0 aliphatic carbocycles. The molecule has 3 rings (SSSR count). The highest BCUT2D eigenvalue weighted by molar-refractivity contribution is 9.10. The lowest BCUT2D eigenvalue weighted by atomic mass is 9.85. The van der Waals surface area contributed by atoms with Crippen LogP contribution in [0.1, 0.15) is 11.3 Å². The molecule has 1 aliphatic rings. The van der Waals surface area contributed by atoms with Crippen LogP contribution in [0.2, 0.25) is 0 Å². The molecule has 3 N–H and O–H groups in total. The molecule has 2 heterocycles. The van der Waals surface area contributed by atoms with Gasteiger partial charge in [-0.25, -0.2) is 4.68 Å². The van der Waals surface area contributed by atoms with Gasteiger partial charge in [0.1, 0.15) is 5.82 Å². The zero-order valence-corrected chi connectivity index (χ0v) is 13.4. The molecule has 0 atom stereocenters. The number of fused-ring (bicyclic) bond motifs is 3. The fraction of sp³-hybridized carbons (Fsp3) is 0.308. The van der Waals surface area contributed by atoms with Gasteiger partial charge in [0.15, 0.2) is 0 Å². The maximum Gasteiger partial charge on any atom is 0.424 e. The molecule has 0 radical (unpaired) electrons. The Hall–Kier alpha value is -1.91. The summed E-state index contributed by atoms with van der Waals surface area (Å²) in [7, 11) is 0. The summed E-state index contributed by atoms with van der Waals surface area (Å²) in [5.41, 5.74) is 0.134. The van der Waals surface area contributed by atoms with Crippen molar-refractivity contribution in [2.24, 2.45) is 0 Å². The number of rotatable bonds is 0. The first-order valence-corrected chi connectivity index (χ1v) is 7.26. The van der Waals surface area contributed by atoms with E-state index >= 15 is 0 Å². The average Bonchev–Trinajstić information content (AvgIpc) is 2.71. The van der Waals surface area contributed by atoms with Gasteiger partial charge in [0.25, 0.3) is 5.54 Å². The third-order valence-electron chi connectivity index (χ3n) is 3.80. The van der Waals surface area contributed by atoms with Gasteiger partial charge in [-0.15, -0.1) is 0 Å². The summed E-state index contributed by atoms with van der Waals surface area (Å²) in [6, 6.07) is 2.74. The summed E-state index contributed by atoms with van der Waals surface area (Å²) >= 11 is 2.98. The summed E-state index contributed by atoms with van der Waals surface area (Å²) in [6.45, 7) is 1.45. The van der Waals surface area contributed by atoms with Crippen molar-refractivity contribution in [2.45, 2.75) is 24.8 Å². The average molecular weight is 415 g/mol. The number of nitrogen functional groups attached to an aromatic ring is 1. The number of aromatic nitrogens is 2. The second-order valence-corrected chi connectivity index (χ2v) is 6.10. The predicted octanol–water partition coefficient (Wildman–Crippen LogP) is 4.27. The van der Waals surface area contributed by atoms with Crippen molar-refractivity contribution in [3.8, 4) is 5.69 Å². The lowest BCUT2D eigenvalue weighted by molar-refractivity contribution is -0.294. The van der Waals surface area contributed by atoms with E-state index in [4.69, 9.17) is 5.73 Å². The minimum atomic E-state index is -5.65. The second kappa shape index (κ2) is 4.80. The van der Waals surface area contributed by atoms with Gasteiger partial charge in [-0.1, -0.05) is 6.07 Å². The van der Waals surface area contributed by atoms with E-state index in [2.05, 4.69) is 21.0 Å². The number of hydrogen-bond donors (Lipinski definition) is 2. The van der Waals surface area contributed by atoms with E-state index in [1.165, 1.54) is 6.92 Å². The zero-order valence-electron chi connectivity index (χ0n) is 11.8. The number of anilines is 2. The normalized spacial score (nSPS) is 16.3. The van der Waals surface area contributed by atoms with E-state index in [-0.39, 0.29) is 21.5 Å². The summed E-state index contributed by atoms with van der Waals surface area (Å²) in [5, 5.41) is 5.60. The van der Waals surface area contributed by atoms with Crippen molar-refractivity contribution in [3.05, 3.63) is 33.9 Å². The second-order valence-electron chi connectivity index (χ2n) is 5.31. The van der Waals surface area contributed by atoms with E-state index in [1.54, 1.807) is 5.32 Å². The summed E-state index contributed by atoms with van der Waals surface area (Å²) in [6.07, 6.45) is -11.3. The summed E-state index contributed by atoms with van der Waals surface area (Å²) in [5.74, 6) is -0.444. The van der Waals surface area contributed by atoms with Gasteiger partial charge >= 0.3 is 12.4 Å². The Bertz CT molecular complexity index is 809. The molecule has 4 nitrogen and oxygen atoms in total. The lowest BCUT2D eigenvalue weighted by Gasteiger charge is -2.42. The van der Waals surface area contributed by atoms with E-state index in [1.807, 2.05) is 0 Å². The number of nitrogens with two attached hydrogens (primary N) is 1. The number of nitrogens with zero attached hydrogens (tertiary/aromatic N) is 2. The fourth-order valence-electron chi connectivity index (χ4n) is 2.68. The topological polar surface area (TPSA) is 55.9 Å². The molecule has 130 valence electrons. The van der Waals surface area contributed by atoms with Gasteiger partial charge in [-0.2, -0.15) is 31.4 Å². The highest BCUT2D eigenvalue weighted by Crippen LogP contribution is 2.56. The minimum absolute atomic E-state index is 0.00782. The van der Waals surface area contributed by atoms with Gasteiger partial charge in [0, 0.05) is 11.3 Å². The standard InChI is InChI=1S/C13H9BrF6N4/c1-5-9(14)10-22-11(12(15,16)17,13(18,19)20)7-3-2-6(21)4-8(7)24(10)23-5/h2-4,22H,21H2,1H3. The van der Waals surface area contributed by atoms with Crippen molar-refractivity contribution >= 4 is 27.4 Å². The molecular weight excluding hydrogens is 406 g/mol. The Morgan fingerprint density at radius 3 is 2.29 bits per heavy atom. The molecule has 11 heteroatoms. The zero-order chi connectivity index (χ0) is 18.1. The van der Waals surface area contributed by atoms with Crippen LogP contribution in [0.5, 0.6) is 0 Å². The number of hydrogen-bond acceptors (Lipinski definition) is 3. The third kappa shape index (κ3) is 2.03. The van der Waals surface area contributed by atoms with Crippen LogP contribution in [0, 0.1) is 6.92 Å². The summed E-state index contributed by atoms with van der Waals surface area (Å²) in [4.78, 5) is 0. The Kier molecular flexibility index (Phi) is 3.39. The SMILES string of the molecule is Cc1nn2c(c1Br)NC(C(F)(F)F)(C(F)(F)F)c1ccc(N)cc1-2. The van der Waals surface area contributed by atoms with Gasteiger partial charge < -0.3 is 11.1 Å². The van der Waals surface area contributed by atoms with Crippen LogP contribution in [-0.4, -0.2) is 22.1 Å². The van der Waals surface area contributed by atoms with Crippen LogP contribution in [0.3, 0.4) is 0 Å². The van der Waals surface area contributed by atoms with Crippen LogP contribution in [0.4, 0.5) is 37.8 Å². The van der Waals surface area contributed by atoms with Crippen molar-refractivity contribution in [1.82, 2.24) is 9.78 Å². The van der Waals surface area contributed by atoms with Gasteiger partial charge in [-0.3, -0.25) is 0 Å². The molecule has 0 saturated heterocycles. The van der Waals surface area contributed by atoms with Crippen molar-refractivity contribution in [3.63, 3.8) is 0 Å². The van der Waals surface area contributed by atoms with Crippen LogP contribution in [0.25, 0.3) is 5.69 Å². The van der Waals surface area contributed by atoms with Crippen LogP contribution < -0.4 is 11.1 Å². The van der Waals surface area contributed by atoms with Gasteiger partial charge in [0.2, 0.25) is 0 Å². The predicted molar refractivity (Wildman–Crippen MR) is 77.8 cm³/mol. The molecular formula is C13H9BrF6N4. The lowest BCUT2D eigenvalue weighted by Crippen LogP contribution is -2.61. The molecule has 0 amide bonds. The largest absolute Gasteiger partial charge is 0.424 e. The maximum atomic E-state index is 13.6. The fourth-order valence-corrected chi connectivity index (χ4v) is 3.03. The minimum Gasteiger partial charge on any atom is -0.399 e. The van der Waals surface area contributed by atoms with Crippen LogP contribution in [-0.2, 0) is 5.54 Å². The van der Waals surface area contributed by atoms with E-state index in [0.29, 0.717) is 6.07 Å². The van der Waals surface area contributed by atoms with Crippen LogP contribution >= 0.6 is 15.9 Å².